The minimum absolute atomic E-state index is 0.220. The van der Waals surface area contributed by atoms with Crippen molar-refractivity contribution < 1.29 is 0 Å². The molecule has 5 nitrogen and oxygen atoms in total. The van der Waals surface area contributed by atoms with Crippen molar-refractivity contribution in [3.8, 4) is 34.2 Å². The van der Waals surface area contributed by atoms with Gasteiger partial charge in [-0.1, -0.05) is 98.8 Å². The molecule has 1 aliphatic heterocycles. The molecule has 4 heterocycles. The summed E-state index contributed by atoms with van der Waals surface area (Å²) in [6.45, 7) is 4.71. The van der Waals surface area contributed by atoms with Gasteiger partial charge in [-0.2, -0.15) is 0 Å². The van der Waals surface area contributed by atoms with Crippen LogP contribution >= 0.6 is 0 Å². The number of nitrogens with zero attached hydrogens (tertiary/aromatic N) is 5. The molecule has 50 heavy (non-hydrogen) atoms. The SMILES string of the molecule is CC1(C)c2ccccc2N(c2cccc(-c3nc(-c4ccccn4)cc(-c4ccccn4)n3)c2)c2c1cc1ccc3cccc4ccc2c1c34. The van der Waals surface area contributed by atoms with Gasteiger partial charge in [0.15, 0.2) is 5.82 Å². The fourth-order valence-electron chi connectivity index (χ4n) is 7.90. The molecule has 0 saturated carbocycles. The fraction of sp³-hybridized carbons (Fsp3) is 0.0667. The van der Waals surface area contributed by atoms with E-state index in [2.05, 4.69) is 126 Å². The van der Waals surface area contributed by atoms with Crippen LogP contribution in [0.25, 0.3) is 66.5 Å². The second-order valence-corrected chi connectivity index (χ2v) is 13.5. The zero-order chi connectivity index (χ0) is 33.4. The molecule has 0 bridgehead atoms. The normalized spacial score (nSPS) is 13.5. The highest BCUT2D eigenvalue weighted by Crippen LogP contribution is 2.56. The van der Waals surface area contributed by atoms with E-state index in [0.29, 0.717) is 5.82 Å². The number of anilines is 3. The van der Waals surface area contributed by atoms with Crippen molar-refractivity contribution in [2.24, 2.45) is 0 Å². The van der Waals surface area contributed by atoms with Crippen molar-refractivity contribution in [3.63, 3.8) is 0 Å². The van der Waals surface area contributed by atoms with E-state index in [1.165, 1.54) is 54.8 Å². The molecule has 5 heteroatoms. The highest BCUT2D eigenvalue weighted by atomic mass is 15.2. The molecule has 236 valence electrons. The summed E-state index contributed by atoms with van der Waals surface area (Å²) in [5, 5.41) is 7.67. The van der Waals surface area contributed by atoms with Gasteiger partial charge in [0.25, 0.3) is 0 Å². The highest BCUT2D eigenvalue weighted by Gasteiger charge is 2.38. The van der Waals surface area contributed by atoms with Gasteiger partial charge in [0, 0.05) is 34.4 Å². The van der Waals surface area contributed by atoms with Gasteiger partial charge in [-0.3, -0.25) is 9.97 Å². The lowest BCUT2D eigenvalue weighted by molar-refractivity contribution is 0.634. The molecule has 0 fully saturated rings. The third-order valence-electron chi connectivity index (χ3n) is 10.3. The zero-order valence-corrected chi connectivity index (χ0v) is 27.7. The quantitative estimate of drug-likeness (QED) is 0.179. The van der Waals surface area contributed by atoms with Crippen LogP contribution in [-0.2, 0) is 5.41 Å². The summed E-state index contributed by atoms with van der Waals surface area (Å²) in [5.74, 6) is 0.622. The lowest BCUT2D eigenvalue weighted by Gasteiger charge is -2.43. The summed E-state index contributed by atoms with van der Waals surface area (Å²) in [4.78, 5) is 21.9. The maximum Gasteiger partial charge on any atom is 0.160 e. The molecule has 0 N–H and O–H groups in total. The summed E-state index contributed by atoms with van der Waals surface area (Å²) in [7, 11) is 0. The van der Waals surface area contributed by atoms with E-state index in [9.17, 15) is 0 Å². The maximum atomic E-state index is 5.08. The Morgan fingerprint density at radius 2 is 1.16 bits per heavy atom. The average molecular weight is 642 g/mol. The first kappa shape index (κ1) is 28.5. The van der Waals surface area contributed by atoms with Gasteiger partial charge in [-0.05, 0) is 92.7 Å². The van der Waals surface area contributed by atoms with Crippen molar-refractivity contribution in [2.45, 2.75) is 19.3 Å². The molecular formula is C45H31N5. The van der Waals surface area contributed by atoms with Gasteiger partial charge in [0.2, 0.25) is 0 Å². The molecule has 0 spiro atoms. The first-order valence-corrected chi connectivity index (χ1v) is 17.0. The van der Waals surface area contributed by atoms with Crippen LogP contribution in [0.2, 0.25) is 0 Å². The van der Waals surface area contributed by atoms with Crippen molar-refractivity contribution in [1.82, 2.24) is 19.9 Å². The lowest BCUT2D eigenvalue weighted by Crippen LogP contribution is -2.30. The smallest absolute Gasteiger partial charge is 0.160 e. The molecule has 10 rings (SSSR count). The Morgan fingerprint density at radius 1 is 0.500 bits per heavy atom. The summed E-state index contributed by atoms with van der Waals surface area (Å²) >= 11 is 0. The van der Waals surface area contributed by atoms with E-state index in [1.54, 1.807) is 12.4 Å². The van der Waals surface area contributed by atoms with Gasteiger partial charge in [0.05, 0.1) is 34.2 Å². The Balaban J connectivity index is 1.23. The Hall–Kier alpha value is -6.46. The second kappa shape index (κ2) is 10.8. The number of hydrogen-bond donors (Lipinski definition) is 0. The summed E-state index contributed by atoms with van der Waals surface area (Å²) in [6, 6.07) is 49.3. The molecule has 0 amide bonds. The summed E-state index contributed by atoms with van der Waals surface area (Å²) < 4.78 is 0. The van der Waals surface area contributed by atoms with Crippen molar-refractivity contribution >= 4 is 49.4 Å². The summed E-state index contributed by atoms with van der Waals surface area (Å²) in [5.41, 5.74) is 9.80. The third-order valence-corrected chi connectivity index (χ3v) is 10.3. The zero-order valence-electron chi connectivity index (χ0n) is 27.7. The van der Waals surface area contributed by atoms with Crippen LogP contribution in [-0.4, -0.2) is 19.9 Å². The number of pyridine rings is 2. The third kappa shape index (κ3) is 4.26. The van der Waals surface area contributed by atoms with Crippen LogP contribution in [0.15, 0.2) is 152 Å². The van der Waals surface area contributed by atoms with Gasteiger partial charge < -0.3 is 4.90 Å². The monoisotopic (exact) mass is 641 g/mol. The van der Waals surface area contributed by atoms with Crippen molar-refractivity contribution in [1.29, 1.82) is 0 Å². The molecule has 0 atom stereocenters. The van der Waals surface area contributed by atoms with Crippen LogP contribution in [0.1, 0.15) is 25.0 Å². The van der Waals surface area contributed by atoms with E-state index in [-0.39, 0.29) is 5.41 Å². The number of fused-ring (bicyclic) bond motifs is 3. The van der Waals surface area contributed by atoms with Crippen LogP contribution < -0.4 is 4.90 Å². The molecule has 6 aromatic carbocycles. The first-order valence-electron chi connectivity index (χ1n) is 17.0. The molecule has 0 aliphatic carbocycles. The number of rotatable bonds is 4. The van der Waals surface area contributed by atoms with Crippen LogP contribution in [0, 0.1) is 0 Å². The molecule has 0 radical (unpaired) electrons. The Labute approximate surface area is 289 Å². The fourth-order valence-corrected chi connectivity index (χ4v) is 7.90. The number of benzene rings is 6. The Kier molecular flexibility index (Phi) is 6.15. The first-order chi connectivity index (χ1) is 24.5. The predicted octanol–water partition coefficient (Wildman–Crippen LogP) is 11.3. The molecule has 9 aromatic rings. The minimum atomic E-state index is -0.220. The molecule has 0 saturated heterocycles. The average Bonchev–Trinajstić information content (AvgIpc) is 3.18. The highest BCUT2D eigenvalue weighted by molar-refractivity contribution is 6.26. The molecule has 3 aromatic heterocycles. The van der Waals surface area contributed by atoms with E-state index in [1.807, 2.05) is 42.5 Å². The summed E-state index contributed by atoms with van der Waals surface area (Å²) in [6.07, 6.45) is 3.59. The van der Waals surface area contributed by atoms with Crippen LogP contribution in [0.5, 0.6) is 0 Å². The van der Waals surface area contributed by atoms with E-state index in [4.69, 9.17) is 9.97 Å². The number of aromatic nitrogens is 4. The molecule has 0 unspecified atom stereocenters. The Morgan fingerprint density at radius 3 is 1.88 bits per heavy atom. The van der Waals surface area contributed by atoms with Gasteiger partial charge in [-0.15, -0.1) is 0 Å². The van der Waals surface area contributed by atoms with Gasteiger partial charge in [0.1, 0.15) is 0 Å². The van der Waals surface area contributed by atoms with Crippen LogP contribution in [0.3, 0.4) is 0 Å². The topological polar surface area (TPSA) is 54.8 Å². The number of para-hydroxylation sites is 1. The maximum absolute atomic E-state index is 5.08. The van der Waals surface area contributed by atoms with E-state index >= 15 is 0 Å². The minimum Gasteiger partial charge on any atom is -0.309 e. The number of hydrogen-bond acceptors (Lipinski definition) is 5. The largest absolute Gasteiger partial charge is 0.309 e. The van der Waals surface area contributed by atoms with Gasteiger partial charge in [-0.25, -0.2) is 9.97 Å². The standard InChI is InChI=1S/C45H31N5/c1-45(2)34-15-3-4-18-40(34)50(43-33-22-21-29-12-9-11-28-19-20-30(26-35(43)45)42(33)41(28)29)32-14-10-13-31(25-32)44-48-38(36-16-5-7-23-46-36)27-39(49-44)37-17-6-8-24-47-37/h3-27H,1-2H3. The van der Waals surface area contributed by atoms with Crippen molar-refractivity contribution in [2.75, 3.05) is 4.90 Å². The lowest BCUT2D eigenvalue weighted by atomic mass is 9.72. The van der Waals surface area contributed by atoms with E-state index in [0.717, 1.165) is 34.0 Å². The predicted molar refractivity (Wildman–Crippen MR) is 204 cm³/mol. The molecule has 1 aliphatic rings. The van der Waals surface area contributed by atoms with Crippen LogP contribution in [0.4, 0.5) is 17.1 Å². The molecular weight excluding hydrogens is 611 g/mol. The Bertz CT molecular complexity index is 2660. The van der Waals surface area contributed by atoms with Gasteiger partial charge >= 0.3 is 0 Å². The van der Waals surface area contributed by atoms with Crippen molar-refractivity contribution in [3.05, 3.63) is 163 Å². The van der Waals surface area contributed by atoms with E-state index < -0.39 is 0 Å². The second-order valence-electron chi connectivity index (χ2n) is 13.5.